The van der Waals surface area contributed by atoms with Gasteiger partial charge in [0.05, 0.1) is 17.2 Å². The first-order chi connectivity index (χ1) is 13.9. The number of hydrogen-bond acceptors (Lipinski definition) is 4. The Kier molecular flexibility index (Phi) is 8.45. The maximum absolute atomic E-state index is 13.6. The SMILES string of the molecule is CCC(CS(=O)(=O)c1ccccc1)NC(=NC)N(C)CCOc1ccccc1F. The van der Waals surface area contributed by atoms with Crippen molar-refractivity contribution in [3.8, 4) is 5.75 Å². The second-order valence-corrected chi connectivity index (χ2v) is 8.63. The Balaban J connectivity index is 1.93. The van der Waals surface area contributed by atoms with Crippen LogP contribution in [0.1, 0.15) is 13.3 Å². The number of sulfone groups is 1. The molecule has 0 bridgehead atoms. The Bertz CT molecular complexity index is 904. The summed E-state index contributed by atoms with van der Waals surface area (Å²) in [5.74, 6) is 0.308. The minimum absolute atomic E-state index is 0.0356. The Morgan fingerprint density at radius 3 is 2.45 bits per heavy atom. The molecular formula is C21H28FN3O3S. The van der Waals surface area contributed by atoms with E-state index in [2.05, 4.69) is 10.3 Å². The lowest BCUT2D eigenvalue weighted by atomic mass is 10.2. The average molecular weight is 422 g/mol. The summed E-state index contributed by atoms with van der Waals surface area (Å²) in [4.78, 5) is 6.35. The fraction of sp³-hybridized carbons (Fsp3) is 0.381. The number of hydrogen-bond donors (Lipinski definition) is 1. The third-order valence-electron chi connectivity index (χ3n) is 4.44. The van der Waals surface area contributed by atoms with E-state index in [1.165, 1.54) is 6.07 Å². The van der Waals surface area contributed by atoms with Gasteiger partial charge in [-0.05, 0) is 30.7 Å². The molecule has 1 unspecified atom stereocenters. The Hall–Kier alpha value is -2.61. The summed E-state index contributed by atoms with van der Waals surface area (Å²) in [6, 6.07) is 14.3. The molecule has 158 valence electrons. The molecule has 1 atom stereocenters. The highest BCUT2D eigenvalue weighted by Gasteiger charge is 2.21. The minimum Gasteiger partial charge on any atom is -0.489 e. The molecule has 0 heterocycles. The quantitative estimate of drug-likeness (QED) is 0.498. The Morgan fingerprint density at radius 1 is 1.17 bits per heavy atom. The van der Waals surface area contributed by atoms with Crippen molar-refractivity contribution in [2.45, 2.75) is 24.3 Å². The van der Waals surface area contributed by atoms with E-state index in [0.717, 1.165) is 0 Å². The van der Waals surface area contributed by atoms with E-state index in [0.29, 0.717) is 23.8 Å². The van der Waals surface area contributed by atoms with Crippen molar-refractivity contribution >= 4 is 15.8 Å². The normalized spacial score (nSPS) is 13.0. The summed E-state index contributed by atoms with van der Waals surface area (Å²) in [6.45, 7) is 2.64. The second-order valence-electron chi connectivity index (χ2n) is 6.59. The number of nitrogens with zero attached hydrogens (tertiary/aromatic N) is 2. The number of ether oxygens (including phenoxy) is 1. The largest absolute Gasteiger partial charge is 0.489 e. The molecule has 0 fully saturated rings. The summed E-state index contributed by atoms with van der Waals surface area (Å²) in [7, 11) is 0.0406. The van der Waals surface area contributed by atoms with Gasteiger partial charge in [-0.15, -0.1) is 0 Å². The molecule has 0 radical (unpaired) electrons. The lowest BCUT2D eigenvalue weighted by molar-refractivity contribution is 0.269. The average Bonchev–Trinajstić information content (AvgIpc) is 2.72. The van der Waals surface area contributed by atoms with Crippen molar-refractivity contribution in [3.63, 3.8) is 0 Å². The standard InChI is InChI=1S/C21H28FN3O3S/c1-4-17(16-29(26,27)18-10-6-5-7-11-18)24-21(23-2)25(3)14-15-28-20-13-9-8-12-19(20)22/h5-13,17H,4,14-16H2,1-3H3,(H,23,24). The fourth-order valence-corrected chi connectivity index (χ4v) is 4.35. The molecule has 8 heteroatoms. The number of nitrogens with one attached hydrogen (secondary N) is 1. The molecule has 0 aromatic heterocycles. The van der Waals surface area contributed by atoms with Gasteiger partial charge in [0.2, 0.25) is 0 Å². The second kappa shape index (κ2) is 10.8. The number of benzene rings is 2. The van der Waals surface area contributed by atoms with Crippen LogP contribution in [0.2, 0.25) is 0 Å². The van der Waals surface area contributed by atoms with Crippen LogP contribution in [0.15, 0.2) is 64.5 Å². The zero-order chi connectivity index (χ0) is 21.3. The monoisotopic (exact) mass is 421 g/mol. The zero-order valence-corrected chi connectivity index (χ0v) is 17.8. The van der Waals surface area contributed by atoms with E-state index in [4.69, 9.17) is 4.74 Å². The van der Waals surface area contributed by atoms with Crippen LogP contribution in [0, 0.1) is 5.82 Å². The van der Waals surface area contributed by atoms with Gasteiger partial charge in [0.1, 0.15) is 6.61 Å². The van der Waals surface area contributed by atoms with Gasteiger partial charge in [0, 0.05) is 20.1 Å². The van der Waals surface area contributed by atoms with Crippen LogP contribution in [-0.2, 0) is 9.84 Å². The molecule has 6 nitrogen and oxygen atoms in total. The number of rotatable bonds is 9. The number of para-hydroxylation sites is 1. The van der Waals surface area contributed by atoms with Gasteiger partial charge >= 0.3 is 0 Å². The maximum atomic E-state index is 13.6. The Morgan fingerprint density at radius 2 is 1.83 bits per heavy atom. The van der Waals surface area contributed by atoms with Gasteiger partial charge in [-0.3, -0.25) is 4.99 Å². The van der Waals surface area contributed by atoms with Crippen LogP contribution < -0.4 is 10.1 Å². The van der Waals surface area contributed by atoms with Crippen molar-refractivity contribution in [2.24, 2.45) is 4.99 Å². The summed E-state index contributed by atoms with van der Waals surface area (Å²) in [5, 5.41) is 3.21. The molecule has 0 saturated heterocycles. The van der Waals surface area contributed by atoms with Gasteiger partial charge in [-0.1, -0.05) is 37.3 Å². The minimum atomic E-state index is -3.41. The topological polar surface area (TPSA) is 71.0 Å². The highest BCUT2D eigenvalue weighted by molar-refractivity contribution is 7.91. The number of likely N-dealkylation sites (N-methyl/N-ethyl adjacent to an activating group) is 1. The first-order valence-electron chi connectivity index (χ1n) is 9.47. The molecular weight excluding hydrogens is 393 g/mol. The molecule has 0 aliphatic carbocycles. The smallest absolute Gasteiger partial charge is 0.193 e. The van der Waals surface area contributed by atoms with Gasteiger partial charge in [-0.2, -0.15) is 0 Å². The van der Waals surface area contributed by atoms with E-state index in [1.54, 1.807) is 55.6 Å². The van der Waals surface area contributed by atoms with Crippen molar-refractivity contribution < 1.29 is 17.5 Å². The number of guanidine groups is 1. The van der Waals surface area contributed by atoms with E-state index in [1.807, 2.05) is 18.9 Å². The lowest BCUT2D eigenvalue weighted by Crippen LogP contribution is -2.47. The predicted octanol–water partition coefficient (Wildman–Crippen LogP) is 2.96. The van der Waals surface area contributed by atoms with Crippen LogP contribution in [0.25, 0.3) is 0 Å². The van der Waals surface area contributed by atoms with E-state index in [9.17, 15) is 12.8 Å². The van der Waals surface area contributed by atoms with Gasteiger partial charge in [0.15, 0.2) is 27.4 Å². The van der Waals surface area contributed by atoms with Crippen LogP contribution in [0.4, 0.5) is 4.39 Å². The molecule has 1 N–H and O–H groups in total. The van der Waals surface area contributed by atoms with Crippen LogP contribution in [0.3, 0.4) is 0 Å². The summed E-state index contributed by atoms with van der Waals surface area (Å²) in [6.07, 6.45) is 0.616. The number of aliphatic imine (C=N–C) groups is 1. The van der Waals surface area contributed by atoms with E-state index >= 15 is 0 Å². The zero-order valence-electron chi connectivity index (χ0n) is 17.0. The fourth-order valence-electron chi connectivity index (χ4n) is 2.74. The first kappa shape index (κ1) is 22.7. The highest BCUT2D eigenvalue weighted by Crippen LogP contribution is 2.15. The van der Waals surface area contributed by atoms with Gasteiger partial charge in [0.25, 0.3) is 0 Å². The summed E-state index contributed by atoms with van der Waals surface area (Å²) in [5.41, 5.74) is 0. The molecule has 0 aliphatic rings. The van der Waals surface area contributed by atoms with Crippen molar-refractivity contribution in [1.29, 1.82) is 0 Å². The lowest BCUT2D eigenvalue weighted by Gasteiger charge is -2.26. The molecule has 2 aromatic carbocycles. The molecule has 0 spiro atoms. The van der Waals surface area contributed by atoms with E-state index in [-0.39, 0.29) is 24.2 Å². The molecule has 0 amide bonds. The molecule has 2 rings (SSSR count). The summed E-state index contributed by atoms with van der Waals surface area (Å²) < 4.78 is 44.4. The van der Waals surface area contributed by atoms with Crippen molar-refractivity contribution in [3.05, 3.63) is 60.4 Å². The molecule has 2 aromatic rings. The molecule has 29 heavy (non-hydrogen) atoms. The van der Waals surface area contributed by atoms with Gasteiger partial charge < -0.3 is 15.0 Å². The van der Waals surface area contributed by atoms with E-state index < -0.39 is 15.7 Å². The summed E-state index contributed by atoms with van der Waals surface area (Å²) >= 11 is 0. The molecule has 0 aliphatic heterocycles. The van der Waals surface area contributed by atoms with Crippen LogP contribution >= 0.6 is 0 Å². The Labute approximate surface area is 172 Å². The van der Waals surface area contributed by atoms with Crippen LogP contribution in [0.5, 0.6) is 5.75 Å². The number of halogens is 1. The first-order valence-corrected chi connectivity index (χ1v) is 11.1. The third-order valence-corrected chi connectivity index (χ3v) is 6.27. The van der Waals surface area contributed by atoms with Crippen molar-refractivity contribution in [1.82, 2.24) is 10.2 Å². The van der Waals surface area contributed by atoms with Crippen molar-refractivity contribution in [2.75, 3.05) is 33.0 Å². The molecule has 0 saturated carbocycles. The van der Waals surface area contributed by atoms with Gasteiger partial charge in [-0.25, -0.2) is 12.8 Å². The predicted molar refractivity (Wildman–Crippen MR) is 114 cm³/mol. The maximum Gasteiger partial charge on any atom is 0.193 e. The highest BCUT2D eigenvalue weighted by atomic mass is 32.2. The third kappa shape index (κ3) is 6.74. The van der Waals surface area contributed by atoms with Crippen LogP contribution in [-0.4, -0.2) is 58.3 Å².